The van der Waals surface area contributed by atoms with E-state index < -0.39 is 6.61 Å². The number of nitrogens with one attached hydrogen (secondary N) is 1. The molecule has 0 bridgehead atoms. The number of halogens is 3. The molecule has 24 heavy (non-hydrogen) atoms. The molecule has 1 aliphatic rings. The highest BCUT2D eigenvalue weighted by atomic mass is 35.5. The Balaban J connectivity index is 0.00000288. The summed E-state index contributed by atoms with van der Waals surface area (Å²) < 4.78 is 34.4. The van der Waals surface area contributed by atoms with Gasteiger partial charge in [0.25, 0.3) is 0 Å². The number of carbonyl (C=O) groups excluding carboxylic acids is 1. The Morgan fingerprint density at radius 3 is 2.58 bits per heavy atom. The number of hydrogen-bond acceptors (Lipinski definition) is 4. The van der Waals surface area contributed by atoms with Gasteiger partial charge >= 0.3 is 6.61 Å². The first-order valence-electron chi connectivity index (χ1n) is 7.58. The van der Waals surface area contributed by atoms with Gasteiger partial charge in [-0.2, -0.15) is 8.78 Å². The van der Waals surface area contributed by atoms with Crippen molar-refractivity contribution in [3.05, 3.63) is 23.8 Å². The topological polar surface area (TPSA) is 50.8 Å². The summed E-state index contributed by atoms with van der Waals surface area (Å²) in [6.45, 7) is -0.891. The number of amides is 1. The van der Waals surface area contributed by atoms with Crippen LogP contribution in [0.4, 0.5) is 8.78 Å². The van der Waals surface area contributed by atoms with E-state index in [1.165, 1.54) is 13.2 Å². The Kier molecular flexibility index (Phi) is 8.21. The second kappa shape index (κ2) is 9.64. The van der Waals surface area contributed by atoms with E-state index in [2.05, 4.69) is 10.1 Å². The highest BCUT2D eigenvalue weighted by Crippen LogP contribution is 2.30. The molecule has 0 spiro atoms. The average Bonchev–Trinajstić information content (AvgIpc) is 2.54. The lowest BCUT2D eigenvalue weighted by atomic mass is 9.96. The van der Waals surface area contributed by atoms with E-state index >= 15 is 0 Å². The molecule has 0 aromatic heterocycles. The Bertz CT molecular complexity index is 540. The predicted octanol–water partition coefficient (Wildman–Crippen LogP) is 2.68. The van der Waals surface area contributed by atoms with Crippen molar-refractivity contribution in [2.24, 2.45) is 5.92 Å². The minimum atomic E-state index is -2.92. The quantitative estimate of drug-likeness (QED) is 0.843. The van der Waals surface area contributed by atoms with Crippen LogP contribution >= 0.6 is 12.4 Å². The molecule has 1 aromatic carbocycles. The van der Waals surface area contributed by atoms with Crippen molar-refractivity contribution in [1.29, 1.82) is 0 Å². The molecule has 136 valence electrons. The lowest BCUT2D eigenvalue weighted by Gasteiger charge is -2.27. The van der Waals surface area contributed by atoms with Crippen LogP contribution in [-0.2, 0) is 11.3 Å². The van der Waals surface area contributed by atoms with Crippen LogP contribution in [0.25, 0.3) is 0 Å². The molecule has 1 N–H and O–H groups in total. The summed E-state index contributed by atoms with van der Waals surface area (Å²) in [7, 11) is 3.11. The van der Waals surface area contributed by atoms with Crippen LogP contribution in [0.15, 0.2) is 18.2 Å². The van der Waals surface area contributed by atoms with Crippen LogP contribution < -0.4 is 14.8 Å². The molecule has 1 aliphatic heterocycles. The number of rotatable bonds is 6. The summed E-state index contributed by atoms with van der Waals surface area (Å²) in [6.07, 6.45) is 1.65. The smallest absolute Gasteiger partial charge is 0.387 e. The molecule has 1 aromatic rings. The fraction of sp³-hybridized carbons (Fsp3) is 0.562. The minimum absolute atomic E-state index is 0. The molecule has 0 saturated carbocycles. The van der Waals surface area contributed by atoms with Crippen molar-refractivity contribution in [3.63, 3.8) is 0 Å². The van der Waals surface area contributed by atoms with Gasteiger partial charge in [0.05, 0.1) is 7.11 Å². The van der Waals surface area contributed by atoms with Gasteiger partial charge in [0.15, 0.2) is 11.5 Å². The summed E-state index contributed by atoms with van der Waals surface area (Å²) in [5.74, 6) is 0.319. The van der Waals surface area contributed by atoms with Gasteiger partial charge < -0.3 is 19.7 Å². The summed E-state index contributed by atoms with van der Waals surface area (Å²) >= 11 is 0. The largest absolute Gasteiger partial charge is 0.493 e. The third-order valence-electron chi connectivity index (χ3n) is 3.93. The van der Waals surface area contributed by atoms with E-state index in [1.54, 1.807) is 24.1 Å². The minimum Gasteiger partial charge on any atom is -0.493 e. The first-order chi connectivity index (χ1) is 11.0. The van der Waals surface area contributed by atoms with E-state index in [1.807, 2.05) is 0 Å². The van der Waals surface area contributed by atoms with Crippen molar-refractivity contribution in [3.8, 4) is 11.5 Å². The van der Waals surface area contributed by atoms with Crippen molar-refractivity contribution >= 4 is 18.3 Å². The zero-order valence-electron chi connectivity index (χ0n) is 13.8. The van der Waals surface area contributed by atoms with Crippen LogP contribution in [0.2, 0.25) is 0 Å². The first-order valence-corrected chi connectivity index (χ1v) is 7.58. The van der Waals surface area contributed by atoms with Gasteiger partial charge in [-0.15, -0.1) is 12.4 Å². The third-order valence-corrected chi connectivity index (χ3v) is 3.93. The van der Waals surface area contributed by atoms with Gasteiger partial charge in [-0.05, 0) is 43.6 Å². The number of nitrogens with zero attached hydrogens (tertiary/aromatic N) is 1. The zero-order chi connectivity index (χ0) is 16.8. The van der Waals surface area contributed by atoms with Gasteiger partial charge in [-0.3, -0.25) is 4.79 Å². The maximum atomic E-state index is 12.5. The van der Waals surface area contributed by atoms with Crippen molar-refractivity contribution < 1.29 is 23.0 Å². The number of ether oxygens (including phenoxy) is 2. The van der Waals surface area contributed by atoms with Crippen LogP contribution in [-0.4, -0.2) is 44.7 Å². The number of benzene rings is 1. The molecular weight excluding hydrogens is 342 g/mol. The Labute approximate surface area is 146 Å². The Morgan fingerprint density at radius 2 is 2.00 bits per heavy atom. The molecule has 0 aliphatic carbocycles. The summed E-state index contributed by atoms with van der Waals surface area (Å²) in [5.41, 5.74) is 0.714. The molecule has 0 unspecified atom stereocenters. The van der Waals surface area contributed by atoms with E-state index in [0.717, 1.165) is 25.9 Å². The fourth-order valence-corrected chi connectivity index (χ4v) is 2.74. The number of methoxy groups -OCH3 is 1. The lowest BCUT2D eigenvalue weighted by molar-refractivity contribution is -0.135. The third kappa shape index (κ3) is 5.49. The zero-order valence-corrected chi connectivity index (χ0v) is 14.6. The molecule has 1 heterocycles. The molecule has 8 heteroatoms. The van der Waals surface area contributed by atoms with Gasteiger partial charge in [0, 0.05) is 19.5 Å². The summed E-state index contributed by atoms with van der Waals surface area (Å²) in [4.78, 5) is 14.0. The van der Waals surface area contributed by atoms with Crippen molar-refractivity contribution in [2.75, 3.05) is 27.2 Å². The van der Waals surface area contributed by atoms with Crippen LogP contribution in [0.5, 0.6) is 11.5 Å². The summed E-state index contributed by atoms with van der Waals surface area (Å²) in [5, 5.41) is 3.22. The van der Waals surface area contributed by atoms with Gasteiger partial charge in [0.2, 0.25) is 5.91 Å². The molecule has 0 radical (unpaired) electrons. The molecule has 5 nitrogen and oxygen atoms in total. The SMILES string of the molecule is COc1ccc(CN(C)C(=O)C2CCNCC2)cc1OC(F)F.Cl. The highest BCUT2D eigenvalue weighted by Gasteiger charge is 2.24. The second-order valence-corrected chi connectivity index (χ2v) is 5.58. The number of piperidine rings is 1. The molecule has 1 saturated heterocycles. The lowest BCUT2D eigenvalue weighted by Crippen LogP contribution is -2.38. The molecular formula is C16H23ClF2N2O3. The number of hydrogen-bond donors (Lipinski definition) is 1. The standard InChI is InChI=1S/C16H22F2N2O3.ClH/c1-20(15(21)12-5-7-19-8-6-12)10-11-3-4-13(22-2)14(9-11)23-16(17)18;/h3-4,9,12,16,19H,5-8,10H2,1-2H3;1H. The maximum Gasteiger partial charge on any atom is 0.387 e. The summed E-state index contributed by atoms with van der Waals surface area (Å²) in [6, 6.07) is 4.79. The van der Waals surface area contributed by atoms with Gasteiger partial charge in [-0.1, -0.05) is 6.07 Å². The highest BCUT2D eigenvalue weighted by molar-refractivity contribution is 5.85. The fourth-order valence-electron chi connectivity index (χ4n) is 2.74. The Hall–Kier alpha value is -1.60. The second-order valence-electron chi connectivity index (χ2n) is 5.58. The van der Waals surface area contributed by atoms with Crippen molar-refractivity contribution in [1.82, 2.24) is 10.2 Å². The normalized spacial score (nSPS) is 14.9. The molecule has 1 amide bonds. The molecule has 2 rings (SSSR count). The van der Waals surface area contributed by atoms with Crippen LogP contribution in [0, 0.1) is 5.92 Å². The average molecular weight is 365 g/mol. The molecule has 0 atom stereocenters. The van der Waals surface area contributed by atoms with Gasteiger partial charge in [-0.25, -0.2) is 0 Å². The van der Waals surface area contributed by atoms with E-state index in [4.69, 9.17) is 4.74 Å². The number of carbonyl (C=O) groups is 1. The monoisotopic (exact) mass is 364 g/mol. The first kappa shape index (κ1) is 20.4. The van der Waals surface area contributed by atoms with E-state index in [-0.39, 0.29) is 35.7 Å². The van der Waals surface area contributed by atoms with Crippen LogP contribution in [0.3, 0.4) is 0 Å². The van der Waals surface area contributed by atoms with E-state index in [9.17, 15) is 13.6 Å². The number of alkyl halides is 2. The van der Waals surface area contributed by atoms with Gasteiger partial charge in [0.1, 0.15) is 0 Å². The molecule has 1 fully saturated rings. The predicted molar refractivity (Wildman–Crippen MR) is 88.9 cm³/mol. The van der Waals surface area contributed by atoms with E-state index in [0.29, 0.717) is 12.1 Å². The van der Waals surface area contributed by atoms with Crippen LogP contribution in [0.1, 0.15) is 18.4 Å². The van der Waals surface area contributed by atoms with Crippen molar-refractivity contribution in [2.45, 2.75) is 26.0 Å². The maximum absolute atomic E-state index is 12.5. The Morgan fingerprint density at radius 1 is 1.33 bits per heavy atom.